The number of aliphatic hydroxyl groups excluding tert-OH is 1. The summed E-state index contributed by atoms with van der Waals surface area (Å²) in [7, 11) is 0. The highest BCUT2D eigenvalue weighted by atomic mass is 32.1. The summed E-state index contributed by atoms with van der Waals surface area (Å²) in [6.45, 7) is 2.04. The Morgan fingerprint density at radius 3 is 2.89 bits per heavy atom. The number of hydrogen-bond acceptors (Lipinski definition) is 7. The number of thiophene rings is 1. The van der Waals surface area contributed by atoms with Gasteiger partial charge in [-0.1, -0.05) is 19.4 Å². The standard InChI is InChI=1S/C26H23N7OS/c1-2-3-22(34)29-18-10-17(12-27-13-18)15-4-5-21-20(11-15)24(33-32-21)26-30-23-19(16-7-9-35-14-16)6-8-28-25(23)31-26/h4-14,22,29,34H,2-3H2,1H3,(H,32,33)(H,28,30,31). The molecule has 1 unspecified atom stereocenters. The van der Waals surface area contributed by atoms with Crippen molar-refractivity contribution in [2.45, 2.75) is 26.0 Å². The van der Waals surface area contributed by atoms with Gasteiger partial charge in [-0.15, -0.1) is 0 Å². The minimum Gasteiger partial charge on any atom is -0.374 e. The first-order chi connectivity index (χ1) is 17.2. The molecule has 1 aromatic carbocycles. The molecule has 35 heavy (non-hydrogen) atoms. The summed E-state index contributed by atoms with van der Waals surface area (Å²) >= 11 is 1.66. The van der Waals surface area contributed by atoms with Crippen molar-refractivity contribution in [2.24, 2.45) is 0 Å². The van der Waals surface area contributed by atoms with E-state index in [-0.39, 0.29) is 0 Å². The Morgan fingerprint density at radius 1 is 1.09 bits per heavy atom. The van der Waals surface area contributed by atoms with Gasteiger partial charge in [-0.3, -0.25) is 10.1 Å². The smallest absolute Gasteiger partial charge is 0.160 e. The number of rotatable bonds is 7. The Kier molecular flexibility index (Phi) is 5.48. The molecule has 4 N–H and O–H groups in total. The third-order valence-corrected chi connectivity index (χ3v) is 6.65. The van der Waals surface area contributed by atoms with E-state index in [1.54, 1.807) is 23.7 Å². The first-order valence-electron chi connectivity index (χ1n) is 11.5. The molecule has 5 aromatic heterocycles. The highest BCUT2D eigenvalue weighted by Gasteiger charge is 2.16. The van der Waals surface area contributed by atoms with Gasteiger partial charge in [0.25, 0.3) is 0 Å². The summed E-state index contributed by atoms with van der Waals surface area (Å²) in [6.07, 6.45) is 6.31. The maximum absolute atomic E-state index is 10.1. The van der Waals surface area contributed by atoms with Crippen LogP contribution in [0.3, 0.4) is 0 Å². The van der Waals surface area contributed by atoms with Crippen LogP contribution in [-0.2, 0) is 0 Å². The second-order valence-electron chi connectivity index (χ2n) is 8.40. The third-order valence-electron chi connectivity index (χ3n) is 5.97. The van der Waals surface area contributed by atoms with Crippen LogP contribution in [-0.4, -0.2) is 41.5 Å². The van der Waals surface area contributed by atoms with Crippen LogP contribution in [0, 0.1) is 0 Å². The molecular formula is C26H23N7OS. The first kappa shape index (κ1) is 21.5. The maximum Gasteiger partial charge on any atom is 0.160 e. The number of aromatic amines is 2. The van der Waals surface area contributed by atoms with Crippen molar-refractivity contribution < 1.29 is 5.11 Å². The van der Waals surface area contributed by atoms with E-state index >= 15 is 0 Å². The molecule has 6 aromatic rings. The van der Waals surface area contributed by atoms with Crippen molar-refractivity contribution >= 4 is 39.1 Å². The summed E-state index contributed by atoms with van der Waals surface area (Å²) < 4.78 is 0. The van der Waals surface area contributed by atoms with E-state index in [1.807, 2.05) is 37.4 Å². The Balaban J connectivity index is 1.40. The van der Waals surface area contributed by atoms with E-state index in [0.717, 1.165) is 62.1 Å². The van der Waals surface area contributed by atoms with Crippen molar-refractivity contribution in [1.82, 2.24) is 30.1 Å². The highest BCUT2D eigenvalue weighted by Crippen LogP contribution is 2.33. The van der Waals surface area contributed by atoms with Crippen LogP contribution in [0.25, 0.3) is 55.8 Å². The van der Waals surface area contributed by atoms with Gasteiger partial charge in [0.05, 0.1) is 17.4 Å². The Morgan fingerprint density at radius 2 is 2.03 bits per heavy atom. The number of pyridine rings is 2. The summed E-state index contributed by atoms with van der Waals surface area (Å²) in [5.41, 5.74) is 8.08. The molecule has 0 spiro atoms. The van der Waals surface area contributed by atoms with Gasteiger partial charge in [0.15, 0.2) is 11.5 Å². The van der Waals surface area contributed by atoms with Crippen LogP contribution < -0.4 is 5.32 Å². The van der Waals surface area contributed by atoms with Gasteiger partial charge in [-0.2, -0.15) is 16.4 Å². The number of imidazole rings is 1. The number of nitrogens with zero attached hydrogens (tertiary/aromatic N) is 4. The number of H-pyrrole nitrogens is 2. The number of fused-ring (bicyclic) bond motifs is 2. The second-order valence-corrected chi connectivity index (χ2v) is 9.18. The lowest BCUT2D eigenvalue weighted by atomic mass is 10.0. The van der Waals surface area contributed by atoms with Gasteiger partial charge in [0, 0.05) is 28.9 Å². The van der Waals surface area contributed by atoms with Crippen LogP contribution >= 0.6 is 11.3 Å². The largest absolute Gasteiger partial charge is 0.374 e. The van der Waals surface area contributed by atoms with Gasteiger partial charge in [-0.25, -0.2) is 9.97 Å². The summed E-state index contributed by atoms with van der Waals surface area (Å²) in [5, 5.41) is 26.0. The van der Waals surface area contributed by atoms with Crippen molar-refractivity contribution in [3.63, 3.8) is 0 Å². The molecule has 8 nitrogen and oxygen atoms in total. The van der Waals surface area contributed by atoms with Crippen LogP contribution in [0.2, 0.25) is 0 Å². The molecule has 1 atom stereocenters. The summed E-state index contributed by atoms with van der Waals surface area (Å²) in [5.74, 6) is 0.662. The molecule has 174 valence electrons. The fourth-order valence-corrected chi connectivity index (χ4v) is 4.92. The fourth-order valence-electron chi connectivity index (χ4n) is 4.26. The van der Waals surface area contributed by atoms with E-state index in [1.165, 1.54) is 0 Å². The highest BCUT2D eigenvalue weighted by molar-refractivity contribution is 7.08. The number of aromatic nitrogens is 6. The summed E-state index contributed by atoms with van der Waals surface area (Å²) in [6, 6.07) is 12.2. The van der Waals surface area contributed by atoms with Gasteiger partial charge in [0.2, 0.25) is 0 Å². The lowest BCUT2D eigenvalue weighted by Gasteiger charge is -2.13. The van der Waals surface area contributed by atoms with Crippen molar-refractivity contribution in [3.05, 3.63) is 65.7 Å². The molecule has 0 aliphatic carbocycles. The molecule has 0 radical (unpaired) electrons. The molecule has 0 aliphatic rings. The zero-order valence-corrected chi connectivity index (χ0v) is 19.8. The van der Waals surface area contributed by atoms with Gasteiger partial charge in [0.1, 0.15) is 17.4 Å². The van der Waals surface area contributed by atoms with Crippen molar-refractivity contribution in [1.29, 1.82) is 0 Å². The second kappa shape index (κ2) is 8.94. The van der Waals surface area contributed by atoms with Gasteiger partial charge < -0.3 is 15.4 Å². The quantitative estimate of drug-likeness (QED) is 0.214. The molecule has 5 heterocycles. The minimum absolute atomic E-state index is 0.597. The number of nitrogens with one attached hydrogen (secondary N) is 3. The molecule has 0 fully saturated rings. The number of benzene rings is 1. The molecule has 0 amide bonds. The number of anilines is 1. The lowest BCUT2D eigenvalue weighted by molar-refractivity contribution is 0.192. The normalized spacial score (nSPS) is 12.4. The molecule has 0 bridgehead atoms. The van der Waals surface area contributed by atoms with E-state index in [2.05, 4.69) is 53.4 Å². The van der Waals surface area contributed by atoms with Crippen LogP contribution in [0.4, 0.5) is 5.69 Å². The Labute approximate surface area is 205 Å². The topological polar surface area (TPSA) is 115 Å². The molecule has 6 rings (SSSR count). The van der Waals surface area contributed by atoms with Crippen LogP contribution in [0.1, 0.15) is 19.8 Å². The molecule has 0 aliphatic heterocycles. The zero-order valence-electron chi connectivity index (χ0n) is 19.0. The fraction of sp³-hybridized carbons (Fsp3) is 0.154. The Hall–Kier alpha value is -4.08. The van der Waals surface area contributed by atoms with Crippen molar-refractivity contribution in [2.75, 3.05) is 5.32 Å². The average molecular weight is 482 g/mol. The van der Waals surface area contributed by atoms with Gasteiger partial charge >= 0.3 is 0 Å². The molecule has 0 saturated carbocycles. The zero-order chi connectivity index (χ0) is 23.8. The van der Waals surface area contributed by atoms with Crippen LogP contribution in [0.15, 0.2) is 65.7 Å². The molecular weight excluding hydrogens is 458 g/mol. The number of aliphatic hydroxyl groups is 1. The SMILES string of the molecule is CCCC(O)Nc1cncc(-c2ccc3[nH]nc(-c4nc5c(-c6ccsc6)ccnc5[nH]4)c3c2)c1. The predicted molar refractivity (Wildman–Crippen MR) is 140 cm³/mol. The van der Waals surface area contributed by atoms with E-state index in [0.29, 0.717) is 12.2 Å². The monoisotopic (exact) mass is 481 g/mol. The van der Waals surface area contributed by atoms with E-state index < -0.39 is 6.23 Å². The minimum atomic E-state index is -0.597. The number of hydrogen-bond donors (Lipinski definition) is 4. The lowest BCUT2D eigenvalue weighted by Crippen LogP contribution is -2.18. The predicted octanol–water partition coefficient (Wildman–Crippen LogP) is 5.82. The average Bonchev–Trinajstić information content (AvgIpc) is 3.63. The maximum atomic E-state index is 10.1. The Bertz CT molecular complexity index is 1620. The van der Waals surface area contributed by atoms with E-state index in [9.17, 15) is 5.11 Å². The first-order valence-corrected chi connectivity index (χ1v) is 12.4. The third kappa shape index (κ3) is 4.05. The summed E-state index contributed by atoms with van der Waals surface area (Å²) in [4.78, 5) is 17.1. The van der Waals surface area contributed by atoms with Gasteiger partial charge in [-0.05, 0) is 58.6 Å². The molecule has 9 heteroatoms. The molecule has 0 saturated heterocycles. The van der Waals surface area contributed by atoms with E-state index in [4.69, 9.17) is 4.98 Å². The van der Waals surface area contributed by atoms with Crippen LogP contribution in [0.5, 0.6) is 0 Å². The van der Waals surface area contributed by atoms with Crippen molar-refractivity contribution in [3.8, 4) is 33.8 Å².